The highest BCUT2D eigenvalue weighted by molar-refractivity contribution is 6.05. The summed E-state index contributed by atoms with van der Waals surface area (Å²) in [7, 11) is 0. The second-order valence-corrected chi connectivity index (χ2v) is 6.99. The van der Waals surface area contributed by atoms with E-state index < -0.39 is 0 Å². The van der Waals surface area contributed by atoms with Crippen LogP contribution in [-0.2, 0) is 0 Å². The van der Waals surface area contributed by atoms with E-state index in [1.165, 1.54) is 24.3 Å². The third-order valence-electron chi connectivity index (χ3n) is 4.90. The quantitative estimate of drug-likeness (QED) is 0.461. The number of ether oxygens (including phenoxy) is 1. The molecule has 156 valence electrons. The number of carbonyl (C=O) groups is 1. The Morgan fingerprint density at radius 2 is 1.74 bits per heavy atom. The van der Waals surface area contributed by atoms with Gasteiger partial charge >= 0.3 is 0 Å². The van der Waals surface area contributed by atoms with Gasteiger partial charge in [-0.15, -0.1) is 0 Å². The van der Waals surface area contributed by atoms with E-state index in [0.29, 0.717) is 22.5 Å². The minimum atomic E-state index is -0.376. The fraction of sp³-hybridized carbons (Fsp3) is 0.120. The first-order valence-corrected chi connectivity index (χ1v) is 9.83. The van der Waals surface area contributed by atoms with Gasteiger partial charge in [-0.2, -0.15) is 0 Å². The van der Waals surface area contributed by atoms with Crippen molar-refractivity contribution in [2.24, 2.45) is 0 Å². The van der Waals surface area contributed by atoms with E-state index in [1.807, 2.05) is 30.3 Å². The lowest BCUT2D eigenvalue weighted by molar-refractivity contribution is 0.0947. The van der Waals surface area contributed by atoms with Crippen molar-refractivity contribution in [3.8, 4) is 17.1 Å². The normalized spacial score (nSPS) is 10.8. The highest BCUT2D eigenvalue weighted by Crippen LogP contribution is 2.27. The fourth-order valence-corrected chi connectivity index (χ4v) is 3.31. The van der Waals surface area contributed by atoms with Crippen LogP contribution in [0.2, 0.25) is 0 Å². The summed E-state index contributed by atoms with van der Waals surface area (Å²) < 4.78 is 24.5. The molecule has 0 spiro atoms. The maximum Gasteiger partial charge on any atom is 0.255 e. The Bertz CT molecular complexity index is 1280. The number of nitrogens with one attached hydrogen (secondary N) is 1. The van der Waals surface area contributed by atoms with Crippen molar-refractivity contribution in [1.82, 2.24) is 5.32 Å². The summed E-state index contributed by atoms with van der Waals surface area (Å²) in [6, 6.07) is 19.9. The maximum absolute atomic E-state index is 12.9. The van der Waals surface area contributed by atoms with E-state index >= 15 is 0 Å². The first-order valence-electron chi connectivity index (χ1n) is 9.83. The molecular formula is C25H20FNO4. The van der Waals surface area contributed by atoms with Crippen LogP contribution in [0.15, 0.2) is 82.0 Å². The van der Waals surface area contributed by atoms with Crippen LogP contribution in [0.4, 0.5) is 4.39 Å². The molecule has 1 heterocycles. The van der Waals surface area contributed by atoms with E-state index in [4.69, 9.17) is 9.15 Å². The lowest BCUT2D eigenvalue weighted by atomic mass is 10.0. The zero-order valence-electron chi connectivity index (χ0n) is 16.9. The molecule has 0 fully saturated rings. The molecule has 0 aliphatic heterocycles. The number of halogens is 1. The number of hydrogen-bond acceptors (Lipinski definition) is 4. The standard InChI is InChI=1S/C25H20FNO4/c1-16-22(28)20-8-5-9-21(24(20)31-23(16)17-6-3-2-4-7-17)25(29)27-14-15-30-19-12-10-18(26)11-13-19/h2-13H,14-15H2,1H3,(H,27,29). The second-order valence-electron chi connectivity index (χ2n) is 6.99. The number of carbonyl (C=O) groups excluding carboxylic acids is 1. The molecular weight excluding hydrogens is 397 g/mol. The topological polar surface area (TPSA) is 68.5 Å². The summed E-state index contributed by atoms with van der Waals surface area (Å²) in [4.78, 5) is 25.7. The lowest BCUT2D eigenvalue weighted by Gasteiger charge is -2.11. The molecule has 4 rings (SSSR count). The van der Waals surface area contributed by atoms with Crippen LogP contribution in [0.3, 0.4) is 0 Å². The van der Waals surface area contributed by atoms with Gasteiger partial charge in [0.2, 0.25) is 0 Å². The molecule has 0 aliphatic carbocycles. The average molecular weight is 417 g/mol. The van der Waals surface area contributed by atoms with Crippen LogP contribution in [0.5, 0.6) is 5.75 Å². The van der Waals surface area contributed by atoms with Gasteiger partial charge in [-0.3, -0.25) is 9.59 Å². The minimum absolute atomic E-state index is 0.172. The maximum atomic E-state index is 12.9. The van der Waals surface area contributed by atoms with Gasteiger partial charge in [-0.1, -0.05) is 36.4 Å². The highest BCUT2D eigenvalue weighted by Gasteiger charge is 2.18. The molecule has 0 radical (unpaired) electrons. The van der Waals surface area contributed by atoms with Gasteiger partial charge in [0.25, 0.3) is 5.91 Å². The van der Waals surface area contributed by atoms with Crippen molar-refractivity contribution < 1.29 is 18.3 Å². The van der Waals surface area contributed by atoms with Crippen molar-refractivity contribution in [3.63, 3.8) is 0 Å². The fourth-order valence-electron chi connectivity index (χ4n) is 3.31. The van der Waals surface area contributed by atoms with Crippen LogP contribution in [0.1, 0.15) is 15.9 Å². The Morgan fingerprint density at radius 1 is 1.00 bits per heavy atom. The van der Waals surface area contributed by atoms with E-state index in [2.05, 4.69) is 5.32 Å². The Balaban J connectivity index is 1.57. The number of rotatable bonds is 6. The SMILES string of the molecule is Cc1c(-c2ccccc2)oc2c(C(=O)NCCOc3ccc(F)cc3)cccc2c1=O. The van der Waals surface area contributed by atoms with Crippen LogP contribution in [-0.4, -0.2) is 19.1 Å². The van der Waals surface area contributed by atoms with Crippen molar-refractivity contribution in [2.75, 3.05) is 13.2 Å². The molecule has 0 bridgehead atoms. The largest absolute Gasteiger partial charge is 0.492 e. The molecule has 3 aromatic carbocycles. The zero-order valence-corrected chi connectivity index (χ0v) is 16.9. The van der Waals surface area contributed by atoms with Crippen LogP contribution >= 0.6 is 0 Å². The molecule has 1 aromatic heterocycles. The molecule has 0 unspecified atom stereocenters. The van der Waals surface area contributed by atoms with Gasteiger partial charge in [0.15, 0.2) is 11.0 Å². The Kier molecular flexibility index (Phi) is 5.80. The van der Waals surface area contributed by atoms with E-state index in [0.717, 1.165) is 5.56 Å². The number of hydrogen-bond donors (Lipinski definition) is 1. The number of para-hydroxylation sites is 1. The molecule has 0 aliphatic rings. The van der Waals surface area contributed by atoms with E-state index in [1.54, 1.807) is 25.1 Å². The minimum Gasteiger partial charge on any atom is -0.492 e. The van der Waals surface area contributed by atoms with Gasteiger partial charge in [0.05, 0.1) is 17.5 Å². The smallest absolute Gasteiger partial charge is 0.255 e. The van der Waals surface area contributed by atoms with E-state index in [9.17, 15) is 14.0 Å². The van der Waals surface area contributed by atoms with Crippen molar-refractivity contribution >= 4 is 16.9 Å². The van der Waals surface area contributed by atoms with Crippen molar-refractivity contribution in [1.29, 1.82) is 0 Å². The van der Waals surface area contributed by atoms with Gasteiger partial charge in [-0.25, -0.2) is 4.39 Å². The summed E-state index contributed by atoms with van der Waals surface area (Å²) in [5, 5.41) is 3.12. The number of fused-ring (bicyclic) bond motifs is 1. The molecule has 0 saturated carbocycles. The van der Waals surface area contributed by atoms with E-state index in [-0.39, 0.29) is 41.5 Å². The molecule has 1 amide bonds. The first kappa shape index (κ1) is 20.3. The second kappa shape index (κ2) is 8.83. The summed E-state index contributed by atoms with van der Waals surface area (Å²) in [6.07, 6.45) is 0. The van der Waals surface area contributed by atoms with Crippen molar-refractivity contribution in [3.05, 3.63) is 100.0 Å². The zero-order chi connectivity index (χ0) is 21.8. The predicted octanol–water partition coefficient (Wildman–Crippen LogP) is 4.72. The predicted molar refractivity (Wildman–Crippen MR) is 117 cm³/mol. The van der Waals surface area contributed by atoms with Crippen LogP contribution in [0.25, 0.3) is 22.3 Å². The molecule has 5 nitrogen and oxygen atoms in total. The highest BCUT2D eigenvalue weighted by atomic mass is 19.1. The van der Waals surface area contributed by atoms with Gasteiger partial charge in [-0.05, 0) is 43.3 Å². The van der Waals surface area contributed by atoms with Crippen LogP contribution < -0.4 is 15.5 Å². The number of amides is 1. The van der Waals surface area contributed by atoms with Crippen LogP contribution in [0, 0.1) is 12.7 Å². The molecule has 4 aromatic rings. The number of benzene rings is 3. The summed E-state index contributed by atoms with van der Waals surface area (Å²) >= 11 is 0. The molecule has 0 saturated heterocycles. The van der Waals surface area contributed by atoms with Gasteiger partial charge in [0.1, 0.15) is 23.9 Å². The summed E-state index contributed by atoms with van der Waals surface area (Å²) in [5.74, 6) is 0.232. The molecule has 1 N–H and O–H groups in total. The molecule has 31 heavy (non-hydrogen) atoms. The Hall–Kier alpha value is -3.93. The van der Waals surface area contributed by atoms with Crippen molar-refractivity contribution in [2.45, 2.75) is 6.92 Å². The average Bonchev–Trinajstić information content (AvgIpc) is 2.80. The Labute approximate surface area is 178 Å². The molecule has 6 heteroatoms. The van der Waals surface area contributed by atoms with Gasteiger partial charge < -0.3 is 14.5 Å². The molecule has 0 atom stereocenters. The summed E-state index contributed by atoms with van der Waals surface area (Å²) in [6.45, 7) is 2.15. The summed E-state index contributed by atoms with van der Waals surface area (Å²) in [5.41, 5.74) is 1.60. The third kappa shape index (κ3) is 4.33. The Morgan fingerprint density at radius 3 is 2.48 bits per heavy atom. The lowest BCUT2D eigenvalue weighted by Crippen LogP contribution is -2.28. The van der Waals surface area contributed by atoms with Gasteiger partial charge in [0, 0.05) is 11.1 Å². The first-order chi connectivity index (χ1) is 15.0. The third-order valence-corrected chi connectivity index (χ3v) is 4.90. The monoisotopic (exact) mass is 417 g/mol.